The van der Waals surface area contributed by atoms with Gasteiger partial charge < -0.3 is 5.73 Å². The van der Waals surface area contributed by atoms with Gasteiger partial charge in [0.1, 0.15) is 0 Å². The summed E-state index contributed by atoms with van der Waals surface area (Å²) < 4.78 is 0.974. The zero-order valence-corrected chi connectivity index (χ0v) is 9.53. The van der Waals surface area contributed by atoms with Crippen LogP contribution in [0.15, 0.2) is 29.3 Å². The Labute approximate surface area is 91.7 Å². The predicted octanol–water partition coefficient (Wildman–Crippen LogP) is 3.46. The summed E-state index contributed by atoms with van der Waals surface area (Å²) in [7, 11) is 0. The minimum Gasteiger partial charge on any atom is -0.330 e. The highest BCUT2D eigenvalue weighted by atomic mass is 79.9. The van der Waals surface area contributed by atoms with Crippen molar-refractivity contribution in [2.45, 2.75) is 6.42 Å². The molecule has 0 amide bonds. The number of hydrogen-bond acceptors (Lipinski definition) is 1. The normalized spacial score (nSPS) is 10.1. The Balaban J connectivity index is 2.95. The van der Waals surface area contributed by atoms with E-state index in [-0.39, 0.29) is 0 Å². The fourth-order valence-electron chi connectivity index (χ4n) is 1.09. The highest BCUT2D eigenvalue weighted by Gasteiger charge is 2.03. The van der Waals surface area contributed by atoms with Gasteiger partial charge in [0.15, 0.2) is 0 Å². The van der Waals surface area contributed by atoms with Crippen molar-refractivity contribution in [3.8, 4) is 0 Å². The molecule has 1 nitrogen and oxygen atoms in total. The molecule has 1 aromatic carbocycles. The first-order chi connectivity index (χ1) is 6.15. The van der Waals surface area contributed by atoms with Gasteiger partial charge in [-0.25, -0.2) is 0 Å². The largest absolute Gasteiger partial charge is 0.330 e. The monoisotopic (exact) mass is 259 g/mol. The van der Waals surface area contributed by atoms with Crippen LogP contribution in [0.2, 0.25) is 5.02 Å². The molecule has 0 saturated heterocycles. The molecule has 0 aromatic heterocycles. The van der Waals surface area contributed by atoms with Crippen LogP contribution in [0.5, 0.6) is 0 Å². The van der Waals surface area contributed by atoms with Crippen LogP contribution in [0.25, 0.3) is 5.57 Å². The van der Waals surface area contributed by atoms with E-state index in [0.717, 1.165) is 22.0 Å². The van der Waals surface area contributed by atoms with Crippen LogP contribution in [0.1, 0.15) is 12.0 Å². The summed E-state index contributed by atoms with van der Waals surface area (Å²) in [6.07, 6.45) is 0.779. The Hall–Kier alpha value is -0.310. The maximum atomic E-state index is 6.03. The van der Waals surface area contributed by atoms with Gasteiger partial charge in [0.2, 0.25) is 0 Å². The molecular formula is C10H11BrClN. The van der Waals surface area contributed by atoms with Crippen molar-refractivity contribution >= 4 is 33.1 Å². The summed E-state index contributed by atoms with van der Waals surface area (Å²) in [5, 5.41) is 0.716. The summed E-state index contributed by atoms with van der Waals surface area (Å²) in [5.41, 5.74) is 7.40. The van der Waals surface area contributed by atoms with E-state index in [4.69, 9.17) is 17.3 Å². The highest BCUT2D eigenvalue weighted by molar-refractivity contribution is 9.10. The molecule has 3 heteroatoms. The van der Waals surface area contributed by atoms with Crippen molar-refractivity contribution in [3.63, 3.8) is 0 Å². The van der Waals surface area contributed by atoms with E-state index in [1.165, 1.54) is 0 Å². The lowest BCUT2D eigenvalue weighted by Crippen LogP contribution is -1.99. The van der Waals surface area contributed by atoms with E-state index in [1.807, 2.05) is 18.2 Å². The van der Waals surface area contributed by atoms with E-state index >= 15 is 0 Å². The zero-order chi connectivity index (χ0) is 9.84. The molecule has 70 valence electrons. The molecule has 0 radical (unpaired) electrons. The first kappa shape index (κ1) is 10.8. The van der Waals surface area contributed by atoms with Crippen molar-refractivity contribution in [1.29, 1.82) is 0 Å². The molecule has 0 aliphatic carbocycles. The molecule has 0 saturated carbocycles. The van der Waals surface area contributed by atoms with E-state index in [1.54, 1.807) is 0 Å². The van der Waals surface area contributed by atoms with E-state index < -0.39 is 0 Å². The summed E-state index contributed by atoms with van der Waals surface area (Å²) in [6.45, 7) is 4.53. The molecule has 0 fully saturated rings. The third-order valence-corrected chi connectivity index (χ3v) is 2.56. The SMILES string of the molecule is C=C(CCN)c1ccc(Br)cc1Cl. The van der Waals surface area contributed by atoms with Crippen molar-refractivity contribution in [2.75, 3.05) is 6.54 Å². The molecule has 0 aliphatic rings. The molecule has 0 heterocycles. The van der Waals surface area contributed by atoms with Crippen LogP contribution >= 0.6 is 27.5 Å². The number of halogens is 2. The summed E-state index contributed by atoms with van der Waals surface area (Å²) in [6, 6.07) is 5.76. The van der Waals surface area contributed by atoms with Gasteiger partial charge in [0.25, 0.3) is 0 Å². The number of benzene rings is 1. The molecule has 2 N–H and O–H groups in total. The van der Waals surface area contributed by atoms with Crippen LogP contribution in [0, 0.1) is 0 Å². The van der Waals surface area contributed by atoms with Gasteiger partial charge in [0.05, 0.1) is 0 Å². The fourth-order valence-corrected chi connectivity index (χ4v) is 1.89. The fraction of sp³-hybridized carbons (Fsp3) is 0.200. The molecule has 13 heavy (non-hydrogen) atoms. The van der Waals surface area contributed by atoms with Gasteiger partial charge in [-0.15, -0.1) is 0 Å². The lowest BCUT2D eigenvalue weighted by Gasteiger charge is -2.06. The second kappa shape index (κ2) is 4.80. The Morgan fingerprint density at radius 1 is 1.54 bits per heavy atom. The maximum Gasteiger partial charge on any atom is 0.0492 e. The first-order valence-electron chi connectivity index (χ1n) is 3.98. The zero-order valence-electron chi connectivity index (χ0n) is 7.19. The third-order valence-electron chi connectivity index (χ3n) is 1.76. The van der Waals surface area contributed by atoms with Crippen molar-refractivity contribution in [2.24, 2.45) is 5.73 Å². The van der Waals surface area contributed by atoms with Gasteiger partial charge in [-0.2, -0.15) is 0 Å². The Morgan fingerprint density at radius 3 is 2.77 bits per heavy atom. The average Bonchev–Trinajstić information content (AvgIpc) is 2.04. The lowest BCUT2D eigenvalue weighted by atomic mass is 10.1. The summed E-state index contributed by atoms with van der Waals surface area (Å²) in [5.74, 6) is 0. The minimum absolute atomic E-state index is 0.602. The highest BCUT2D eigenvalue weighted by Crippen LogP contribution is 2.27. The molecule has 1 rings (SSSR count). The van der Waals surface area contributed by atoms with Crippen LogP contribution < -0.4 is 5.73 Å². The van der Waals surface area contributed by atoms with Gasteiger partial charge in [-0.1, -0.05) is 40.2 Å². The minimum atomic E-state index is 0.602. The average molecular weight is 261 g/mol. The van der Waals surface area contributed by atoms with Crippen LogP contribution in [-0.4, -0.2) is 6.54 Å². The topological polar surface area (TPSA) is 26.0 Å². The van der Waals surface area contributed by atoms with Crippen molar-refractivity contribution < 1.29 is 0 Å². The van der Waals surface area contributed by atoms with Gasteiger partial charge in [-0.05, 0) is 36.2 Å². The Kier molecular flexibility index (Phi) is 3.97. The summed E-state index contributed by atoms with van der Waals surface area (Å²) in [4.78, 5) is 0. The van der Waals surface area contributed by atoms with Crippen LogP contribution in [-0.2, 0) is 0 Å². The maximum absolute atomic E-state index is 6.03. The van der Waals surface area contributed by atoms with Gasteiger partial charge >= 0.3 is 0 Å². The predicted molar refractivity (Wildman–Crippen MR) is 61.9 cm³/mol. The second-order valence-corrected chi connectivity index (χ2v) is 4.09. The molecule has 0 spiro atoms. The standard InChI is InChI=1S/C10H11BrClN/c1-7(4-5-13)9-3-2-8(11)6-10(9)12/h2-3,6H,1,4-5,13H2. The molecule has 1 aromatic rings. The number of rotatable bonds is 3. The van der Waals surface area contributed by atoms with Crippen LogP contribution in [0.3, 0.4) is 0 Å². The van der Waals surface area contributed by atoms with Gasteiger partial charge in [0, 0.05) is 9.50 Å². The Morgan fingerprint density at radius 2 is 2.23 bits per heavy atom. The van der Waals surface area contributed by atoms with Crippen LogP contribution in [0.4, 0.5) is 0 Å². The van der Waals surface area contributed by atoms with Crippen molar-refractivity contribution in [3.05, 3.63) is 39.8 Å². The quantitative estimate of drug-likeness (QED) is 0.885. The second-order valence-electron chi connectivity index (χ2n) is 2.77. The number of nitrogens with two attached hydrogens (primary N) is 1. The molecule has 0 atom stereocenters. The van der Waals surface area contributed by atoms with E-state index in [2.05, 4.69) is 22.5 Å². The lowest BCUT2D eigenvalue weighted by molar-refractivity contribution is 1.02. The number of hydrogen-bond donors (Lipinski definition) is 1. The first-order valence-corrected chi connectivity index (χ1v) is 5.15. The molecule has 0 unspecified atom stereocenters. The molecule has 0 aliphatic heterocycles. The molecule has 0 bridgehead atoms. The third kappa shape index (κ3) is 2.83. The molecular weight excluding hydrogens is 249 g/mol. The summed E-state index contributed by atoms with van der Waals surface area (Å²) >= 11 is 9.37. The van der Waals surface area contributed by atoms with E-state index in [0.29, 0.717) is 11.6 Å². The van der Waals surface area contributed by atoms with Crippen molar-refractivity contribution in [1.82, 2.24) is 0 Å². The van der Waals surface area contributed by atoms with Gasteiger partial charge in [-0.3, -0.25) is 0 Å². The smallest absolute Gasteiger partial charge is 0.0492 e. The van der Waals surface area contributed by atoms with E-state index in [9.17, 15) is 0 Å². The Bertz CT molecular complexity index is 323.